The van der Waals surface area contributed by atoms with Gasteiger partial charge in [-0.2, -0.15) is 0 Å². The van der Waals surface area contributed by atoms with Gasteiger partial charge >= 0.3 is 0 Å². The molecular weight excluding hydrogens is 334 g/mol. The van der Waals surface area contributed by atoms with E-state index in [-0.39, 0.29) is 11.9 Å². The standard InChI is InChI=1S/C20H25NO3S/c1-5-24-17-11-10-16(12-18(17)23-4)15(3)21-20(22)13-25-19-9-7-6-8-14(19)2/h6-12,15H,5,13H2,1-4H3,(H,21,22). The lowest BCUT2D eigenvalue weighted by atomic mass is 10.1. The van der Waals surface area contributed by atoms with Crippen molar-refractivity contribution in [3.8, 4) is 11.5 Å². The third-order valence-electron chi connectivity index (χ3n) is 3.82. The lowest BCUT2D eigenvalue weighted by Crippen LogP contribution is -2.28. The number of nitrogens with one attached hydrogen (secondary N) is 1. The lowest BCUT2D eigenvalue weighted by molar-refractivity contribution is -0.119. The van der Waals surface area contributed by atoms with Gasteiger partial charge in [0.05, 0.1) is 25.5 Å². The van der Waals surface area contributed by atoms with Crippen molar-refractivity contribution in [2.24, 2.45) is 0 Å². The van der Waals surface area contributed by atoms with Gasteiger partial charge in [-0.3, -0.25) is 4.79 Å². The van der Waals surface area contributed by atoms with E-state index in [2.05, 4.69) is 18.3 Å². The summed E-state index contributed by atoms with van der Waals surface area (Å²) >= 11 is 1.55. The second-order valence-electron chi connectivity index (χ2n) is 5.69. The average Bonchev–Trinajstić information content (AvgIpc) is 2.61. The van der Waals surface area contributed by atoms with Crippen molar-refractivity contribution in [1.29, 1.82) is 0 Å². The molecule has 0 aliphatic carbocycles. The van der Waals surface area contributed by atoms with Crippen molar-refractivity contribution < 1.29 is 14.3 Å². The van der Waals surface area contributed by atoms with E-state index in [1.165, 1.54) is 5.56 Å². The Morgan fingerprint density at radius 3 is 2.64 bits per heavy atom. The van der Waals surface area contributed by atoms with E-state index in [4.69, 9.17) is 9.47 Å². The predicted molar refractivity (Wildman–Crippen MR) is 103 cm³/mol. The number of carbonyl (C=O) groups excluding carboxylic acids is 1. The van der Waals surface area contributed by atoms with Crippen molar-refractivity contribution in [3.63, 3.8) is 0 Å². The maximum atomic E-state index is 12.2. The average molecular weight is 359 g/mol. The second-order valence-corrected chi connectivity index (χ2v) is 6.70. The third-order valence-corrected chi connectivity index (χ3v) is 4.99. The molecule has 1 amide bonds. The fourth-order valence-electron chi connectivity index (χ4n) is 2.46. The van der Waals surface area contributed by atoms with Crippen LogP contribution in [0.2, 0.25) is 0 Å². The van der Waals surface area contributed by atoms with Gasteiger partial charge in [-0.1, -0.05) is 24.3 Å². The SMILES string of the molecule is CCOc1ccc(C(C)NC(=O)CSc2ccccc2C)cc1OC. The van der Waals surface area contributed by atoms with E-state index in [9.17, 15) is 4.79 Å². The minimum absolute atomic E-state index is 0.00797. The van der Waals surface area contributed by atoms with Gasteiger partial charge in [-0.05, 0) is 50.1 Å². The van der Waals surface area contributed by atoms with Crippen molar-refractivity contribution >= 4 is 17.7 Å². The lowest BCUT2D eigenvalue weighted by Gasteiger charge is -2.17. The van der Waals surface area contributed by atoms with Crippen LogP contribution in [0, 0.1) is 6.92 Å². The quantitative estimate of drug-likeness (QED) is 0.711. The van der Waals surface area contributed by atoms with Crippen molar-refractivity contribution in [3.05, 3.63) is 53.6 Å². The molecule has 1 atom stereocenters. The highest BCUT2D eigenvalue weighted by atomic mass is 32.2. The van der Waals surface area contributed by atoms with Gasteiger partial charge in [0, 0.05) is 4.90 Å². The maximum Gasteiger partial charge on any atom is 0.230 e. The number of hydrogen-bond donors (Lipinski definition) is 1. The number of carbonyl (C=O) groups is 1. The highest BCUT2D eigenvalue weighted by Crippen LogP contribution is 2.30. The van der Waals surface area contributed by atoms with Gasteiger partial charge in [-0.15, -0.1) is 11.8 Å². The molecule has 2 rings (SSSR count). The Bertz CT molecular complexity index is 718. The van der Waals surface area contributed by atoms with Gasteiger partial charge in [0.15, 0.2) is 11.5 Å². The van der Waals surface area contributed by atoms with Crippen LogP contribution < -0.4 is 14.8 Å². The molecule has 0 heterocycles. The molecule has 25 heavy (non-hydrogen) atoms. The summed E-state index contributed by atoms with van der Waals surface area (Å²) in [5.41, 5.74) is 2.17. The Balaban J connectivity index is 1.95. The number of hydrogen-bond acceptors (Lipinski definition) is 4. The zero-order valence-electron chi connectivity index (χ0n) is 15.2. The molecule has 5 heteroatoms. The summed E-state index contributed by atoms with van der Waals surface area (Å²) in [5, 5.41) is 3.03. The summed E-state index contributed by atoms with van der Waals surface area (Å²) in [5.74, 6) is 1.79. The number of amides is 1. The van der Waals surface area contributed by atoms with E-state index in [1.54, 1.807) is 18.9 Å². The summed E-state index contributed by atoms with van der Waals surface area (Å²) in [6.07, 6.45) is 0. The van der Waals surface area contributed by atoms with Crippen LogP contribution in [0.25, 0.3) is 0 Å². The van der Waals surface area contributed by atoms with Crippen molar-refractivity contribution in [2.45, 2.75) is 31.7 Å². The highest BCUT2D eigenvalue weighted by molar-refractivity contribution is 8.00. The number of thioether (sulfide) groups is 1. The molecule has 2 aromatic rings. The van der Waals surface area contributed by atoms with Crippen LogP contribution in [-0.2, 0) is 4.79 Å². The molecule has 1 unspecified atom stereocenters. The van der Waals surface area contributed by atoms with Crippen LogP contribution in [0.15, 0.2) is 47.4 Å². The van der Waals surface area contributed by atoms with Gasteiger partial charge < -0.3 is 14.8 Å². The summed E-state index contributed by atoms with van der Waals surface area (Å²) in [6.45, 7) is 6.53. The van der Waals surface area contributed by atoms with E-state index >= 15 is 0 Å². The largest absolute Gasteiger partial charge is 0.493 e. The molecule has 4 nitrogen and oxygen atoms in total. The van der Waals surface area contributed by atoms with Crippen LogP contribution in [0.4, 0.5) is 0 Å². The first-order valence-corrected chi connectivity index (χ1v) is 9.32. The van der Waals surface area contributed by atoms with Gasteiger partial charge in [0.2, 0.25) is 5.91 Å². The summed E-state index contributed by atoms with van der Waals surface area (Å²) in [6, 6.07) is 13.7. The zero-order valence-corrected chi connectivity index (χ0v) is 16.0. The first-order chi connectivity index (χ1) is 12.0. The highest BCUT2D eigenvalue weighted by Gasteiger charge is 2.13. The molecule has 2 aromatic carbocycles. The van der Waals surface area contributed by atoms with Crippen LogP contribution in [0.5, 0.6) is 11.5 Å². The van der Waals surface area contributed by atoms with E-state index in [1.807, 2.05) is 50.2 Å². The van der Waals surface area contributed by atoms with Crippen LogP contribution in [0.3, 0.4) is 0 Å². The maximum absolute atomic E-state index is 12.2. The molecular formula is C20H25NO3S. The van der Waals surface area contributed by atoms with Crippen LogP contribution in [-0.4, -0.2) is 25.4 Å². The molecule has 0 fully saturated rings. The fraction of sp³-hybridized carbons (Fsp3) is 0.350. The Morgan fingerprint density at radius 2 is 1.96 bits per heavy atom. The van der Waals surface area contributed by atoms with E-state index < -0.39 is 0 Å². The molecule has 0 aromatic heterocycles. The summed E-state index contributed by atoms with van der Waals surface area (Å²) in [7, 11) is 1.61. The molecule has 0 bridgehead atoms. The first kappa shape index (κ1) is 19.2. The third kappa shape index (κ3) is 5.43. The second kappa shape index (κ2) is 9.37. The molecule has 134 valence electrons. The normalized spacial score (nSPS) is 11.7. The Morgan fingerprint density at radius 1 is 1.20 bits per heavy atom. The molecule has 0 saturated carbocycles. The first-order valence-electron chi connectivity index (χ1n) is 8.33. The molecule has 0 saturated heterocycles. The number of methoxy groups -OCH3 is 1. The molecule has 1 N–H and O–H groups in total. The smallest absolute Gasteiger partial charge is 0.230 e. The number of benzene rings is 2. The van der Waals surface area contributed by atoms with Crippen molar-refractivity contribution in [1.82, 2.24) is 5.32 Å². The van der Waals surface area contributed by atoms with Crippen LogP contribution in [0.1, 0.15) is 31.0 Å². The monoisotopic (exact) mass is 359 g/mol. The molecule has 0 spiro atoms. The topological polar surface area (TPSA) is 47.6 Å². The molecule has 0 aliphatic rings. The van der Waals surface area contributed by atoms with Crippen LogP contribution >= 0.6 is 11.8 Å². The fourth-order valence-corrected chi connectivity index (χ4v) is 3.30. The number of aryl methyl sites for hydroxylation is 1. The molecule has 0 radical (unpaired) electrons. The molecule has 0 aliphatic heterocycles. The van der Waals surface area contributed by atoms with E-state index in [0.717, 1.165) is 10.5 Å². The Labute approximate surface area is 153 Å². The van der Waals surface area contributed by atoms with E-state index in [0.29, 0.717) is 23.9 Å². The Hall–Kier alpha value is -2.14. The van der Waals surface area contributed by atoms with Gasteiger partial charge in [0.25, 0.3) is 0 Å². The van der Waals surface area contributed by atoms with Crippen molar-refractivity contribution in [2.75, 3.05) is 19.5 Å². The number of ether oxygens (including phenoxy) is 2. The van der Waals surface area contributed by atoms with Gasteiger partial charge in [0.1, 0.15) is 0 Å². The zero-order chi connectivity index (χ0) is 18.2. The van der Waals surface area contributed by atoms with Gasteiger partial charge in [-0.25, -0.2) is 0 Å². The Kier molecular flexibility index (Phi) is 7.19. The minimum Gasteiger partial charge on any atom is -0.493 e. The minimum atomic E-state index is -0.102. The summed E-state index contributed by atoms with van der Waals surface area (Å²) < 4.78 is 10.9. The number of rotatable bonds is 8. The predicted octanol–water partition coefficient (Wildman–Crippen LogP) is 4.37. The summed E-state index contributed by atoms with van der Waals surface area (Å²) in [4.78, 5) is 13.4.